The topological polar surface area (TPSA) is 30.5 Å². The minimum absolute atomic E-state index is 0.153. The van der Waals surface area contributed by atoms with Crippen molar-refractivity contribution >= 4 is 0 Å². The molecule has 0 amide bonds. The van der Waals surface area contributed by atoms with Crippen LogP contribution in [0.2, 0.25) is 0 Å². The maximum absolute atomic E-state index is 5.40. The summed E-state index contributed by atoms with van der Waals surface area (Å²) in [7, 11) is 0. The van der Waals surface area contributed by atoms with Crippen LogP contribution in [0.3, 0.4) is 0 Å². The minimum Gasteiger partial charge on any atom is -0.273 e. The minimum atomic E-state index is 0.153. The van der Waals surface area contributed by atoms with Crippen LogP contribution in [-0.2, 0) is 9.68 Å². The van der Waals surface area contributed by atoms with Crippen LogP contribution in [0, 0.1) is 10.8 Å². The van der Waals surface area contributed by atoms with Gasteiger partial charge in [0.1, 0.15) is 0 Å². The van der Waals surface area contributed by atoms with Crippen LogP contribution >= 0.6 is 0 Å². The van der Waals surface area contributed by atoms with Crippen molar-refractivity contribution < 1.29 is 9.68 Å². The molecule has 84 valence electrons. The highest BCUT2D eigenvalue weighted by Crippen LogP contribution is 2.34. The fraction of sp³-hybridized carbons (Fsp3) is 1.00. The zero-order valence-electron chi connectivity index (χ0n) is 10.2. The van der Waals surface area contributed by atoms with Gasteiger partial charge in [-0.2, -0.15) is 0 Å². The molecule has 0 spiro atoms. The molecule has 1 heterocycles. The van der Waals surface area contributed by atoms with Crippen molar-refractivity contribution in [3.63, 3.8) is 0 Å². The molecule has 1 fully saturated rings. The van der Waals surface area contributed by atoms with Gasteiger partial charge in [-0.25, -0.2) is 0 Å². The van der Waals surface area contributed by atoms with Gasteiger partial charge in [0, 0.05) is 6.42 Å². The largest absolute Gasteiger partial charge is 0.273 e. The summed E-state index contributed by atoms with van der Waals surface area (Å²) in [6.45, 7) is 13.1. The van der Waals surface area contributed by atoms with E-state index in [2.05, 4.69) is 47.2 Å². The van der Waals surface area contributed by atoms with Crippen LogP contribution in [0.1, 0.15) is 48.0 Å². The van der Waals surface area contributed by atoms with E-state index in [0.717, 1.165) is 6.42 Å². The Balaban J connectivity index is 2.61. The second-order valence-electron chi connectivity index (χ2n) is 6.26. The Morgan fingerprint density at radius 1 is 0.857 bits per heavy atom. The summed E-state index contributed by atoms with van der Waals surface area (Å²) in [5.41, 5.74) is 2.90. The number of rotatable bonds is 0. The third kappa shape index (κ3) is 2.94. The van der Waals surface area contributed by atoms with E-state index in [1.807, 2.05) is 0 Å². The van der Waals surface area contributed by atoms with Gasteiger partial charge in [0.2, 0.25) is 0 Å². The quantitative estimate of drug-likeness (QED) is 0.653. The average molecular weight is 201 g/mol. The van der Waals surface area contributed by atoms with Gasteiger partial charge in [-0.05, 0) is 10.8 Å². The van der Waals surface area contributed by atoms with Crippen molar-refractivity contribution in [3.05, 3.63) is 0 Å². The third-order valence-electron chi connectivity index (χ3n) is 2.74. The van der Waals surface area contributed by atoms with Crippen LogP contribution in [-0.4, -0.2) is 12.2 Å². The molecule has 1 N–H and O–H groups in total. The standard InChI is InChI=1S/C11H23NO2/c1-10(2,3)8-7-9(11(4,5)6)14-12-13-8/h8-9,12H,7H2,1-6H3. The predicted molar refractivity (Wildman–Crippen MR) is 56.4 cm³/mol. The Bertz CT molecular complexity index is 170. The van der Waals surface area contributed by atoms with Crippen molar-refractivity contribution in [2.75, 3.05) is 0 Å². The van der Waals surface area contributed by atoms with Crippen molar-refractivity contribution in [2.45, 2.75) is 60.2 Å². The molecular formula is C11H23NO2. The van der Waals surface area contributed by atoms with Crippen molar-refractivity contribution in [3.8, 4) is 0 Å². The summed E-state index contributed by atoms with van der Waals surface area (Å²) in [5, 5.41) is 0. The zero-order valence-corrected chi connectivity index (χ0v) is 10.2. The molecule has 1 rings (SSSR count). The Kier molecular flexibility index (Phi) is 3.24. The molecule has 2 unspecified atom stereocenters. The summed E-state index contributed by atoms with van der Waals surface area (Å²) < 4.78 is 0. The molecule has 0 aromatic rings. The number of nitrogens with one attached hydrogen (secondary N) is 1. The van der Waals surface area contributed by atoms with E-state index in [1.165, 1.54) is 0 Å². The lowest BCUT2D eigenvalue weighted by Crippen LogP contribution is -2.48. The van der Waals surface area contributed by atoms with Gasteiger partial charge < -0.3 is 0 Å². The van der Waals surface area contributed by atoms with Gasteiger partial charge in [-0.3, -0.25) is 9.68 Å². The van der Waals surface area contributed by atoms with Crippen molar-refractivity contribution in [2.24, 2.45) is 10.8 Å². The molecule has 2 atom stereocenters. The lowest BCUT2D eigenvalue weighted by atomic mass is 9.79. The molecule has 1 saturated heterocycles. The van der Waals surface area contributed by atoms with E-state index >= 15 is 0 Å². The van der Waals surface area contributed by atoms with Gasteiger partial charge in [0.15, 0.2) is 0 Å². The van der Waals surface area contributed by atoms with Crippen LogP contribution in [0.5, 0.6) is 0 Å². The first-order valence-electron chi connectivity index (χ1n) is 5.27. The highest BCUT2D eigenvalue weighted by molar-refractivity contribution is 4.84. The summed E-state index contributed by atoms with van der Waals surface area (Å²) in [5.74, 6) is 0. The fourth-order valence-electron chi connectivity index (χ4n) is 1.50. The maximum atomic E-state index is 5.40. The molecule has 3 heteroatoms. The number of hydrogen-bond acceptors (Lipinski definition) is 3. The molecule has 3 nitrogen and oxygen atoms in total. The fourth-order valence-corrected chi connectivity index (χ4v) is 1.50. The normalized spacial score (nSPS) is 30.4. The Morgan fingerprint density at radius 2 is 1.21 bits per heavy atom. The monoisotopic (exact) mass is 201 g/mol. The molecule has 0 saturated carbocycles. The molecule has 1 aliphatic heterocycles. The van der Waals surface area contributed by atoms with Crippen molar-refractivity contribution in [1.82, 2.24) is 5.64 Å². The van der Waals surface area contributed by atoms with Gasteiger partial charge in [-0.1, -0.05) is 47.2 Å². The van der Waals surface area contributed by atoms with Crippen LogP contribution < -0.4 is 5.64 Å². The summed E-state index contributed by atoms with van der Waals surface area (Å²) in [4.78, 5) is 10.8. The third-order valence-corrected chi connectivity index (χ3v) is 2.74. The lowest BCUT2D eigenvalue weighted by molar-refractivity contribution is -0.302. The van der Waals surface area contributed by atoms with Crippen LogP contribution in [0.25, 0.3) is 0 Å². The second kappa shape index (κ2) is 3.80. The second-order valence-corrected chi connectivity index (χ2v) is 6.26. The highest BCUT2D eigenvalue weighted by Gasteiger charge is 2.37. The van der Waals surface area contributed by atoms with Crippen molar-refractivity contribution in [1.29, 1.82) is 0 Å². The molecule has 0 aliphatic carbocycles. The zero-order chi connectivity index (χ0) is 11.0. The molecule has 0 bridgehead atoms. The first-order valence-corrected chi connectivity index (χ1v) is 5.27. The van der Waals surface area contributed by atoms with Gasteiger partial charge in [0.05, 0.1) is 12.2 Å². The Hall–Kier alpha value is -0.120. The highest BCUT2D eigenvalue weighted by atomic mass is 16.9. The molecule has 0 aromatic carbocycles. The van der Waals surface area contributed by atoms with E-state index in [0.29, 0.717) is 0 Å². The SMILES string of the molecule is CC(C)(C)C1CC(C(C)(C)C)ONO1. The van der Waals surface area contributed by atoms with E-state index in [1.54, 1.807) is 0 Å². The lowest BCUT2D eigenvalue weighted by Gasteiger charge is -2.41. The maximum Gasteiger partial charge on any atom is 0.0891 e. The summed E-state index contributed by atoms with van der Waals surface area (Å²) in [6.07, 6.45) is 1.36. The molecular weight excluding hydrogens is 178 g/mol. The average Bonchev–Trinajstić information content (AvgIpc) is 2.01. The first kappa shape index (κ1) is 12.0. The van der Waals surface area contributed by atoms with Gasteiger partial charge in [0.25, 0.3) is 0 Å². The number of hydrogen-bond donors (Lipinski definition) is 1. The van der Waals surface area contributed by atoms with Crippen LogP contribution in [0.15, 0.2) is 0 Å². The van der Waals surface area contributed by atoms with E-state index in [-0.39, 0.29) is 23.0 Å². The van der Waals surface area contributed by atoms with E-state index in [4.69, 9.17) is 9.68 Å². The van der Waals surface area contributed by atoms with E-state index in [9.17, 15) is 0 Å². The molecule has 0 aromatic heterocycles. The first-order chi connectivity index (χ1) is 6.21. The van der Waals surface area contributed by atoms with Gasteiger partial charge in [-0.15, -0.1) is 0 Å². The van der Waals surface area contributed by atoms with Gasteiger partial charge >= 0.3 is 0 Å². The Labute approximate surface area is 87.1 Å². The summed E-state index contributed by atoms with van der Waals surface area (Å²) >= 11 is 0. The molecule has 0 radical (unpaired) electrons. The van der Waals surface area contributed by atoms with Crippen LogP contribution in [0.4, 0.5) is 0 Å². The predicted octanol–water partition coefficient (Wildman–Crippen LogP) is 2.67. The Morgan fingerprint density at radius 3 is 1.50 bits per heavy atom. The smallest absolute Gasteiger partial charge is 0.0891 e. The molecule has 14 heavy (non-hydrogen) atoms. The molecule has 1 aliphatic rings. The summed E-state index contributed by atoms with van der Waals surface area (Å²) in [6, 6.07) is 0. The van der Waals surface area contributed by atoms with E-state index < -0.39 is 0 Å².